The summed E-state index contributed by atoms with van der Waals surface area (Å²) in [6.07, 6.45) is 4.71. The van der Waals surface area contributed by atoms with Crippen molar-refractivity contribution in [3.8, 4) is 0 Å². The molecule has 1 aliphatic carbocycles. The third-order valence-electron chi connectivity index (χ3n) is 9.59. The van der Waals surface area contributed by atoms with Crippen LogP contribution in [0.1, 0.15) is 61.4 Å². The number of furan rings is 1. The Morgan fingerprint density at radius 2 is 1.79 bits per heavy atom. The predicted molar refractivity (Wildman–Crippen MR) is 172 cm³/mol. The molecular weight excluding hydrogens is 632 g/mol. The number of carbonyl (C=O) groups is 3. The number of Topliss-reactive ketones (excluding diaryl/α,β-unsaturated/α-hetero) is 1. The second-order valence-corrected chi connectivity index (χ2v) is 13.1. The van der Waals surface area contributed by atoms with Gasteiger partial charge in [-0.2, -0.15) is 0 Å². The summed E-state index contributed by atoms with van der Waals surface area (Å²) in [6, 6.07) is 9.54. The molecule has 47 heavy (non-hydrogen) atoms. The van der Waals surface area contributed by atoms with Gasteiger partial charge in [-0.3, -0.25) is 28.6 Å². The van der Waals surface area contributed by atoms with Crippen LogP contribution in [-0.4, -0.2) is 78.9 Å². The molecule has 1 unspecified atom stereocenters. The number of amides is 1. The molecule has 2 aromatic carbocycles. The highest BCUT2D eigenvalue weighted by atomic mass is 35.5. The van der Waals surface area contributed by atoms with Crippen LogP contribution >= 0.6 is 11.6 Å². The summed E-state index contributed by atoms with van der Waals surface area (Å²) >= 11 is 6.56. The number of nitrogens with one attached hydrogen (secondary N) is 1. The van der Waals surface area contributed by atoms with Gasteiger partial charge in [-0.1, -0.05) is 29.8 Å². The maximum Gasteiger partial charge on any atom is 0.308 e. The molecule has 3 aliphatic rings. The topological polar surface area (TPSA) is 101 Å². The maximum absolute atomic E-state index is 15.7. The summed E-state index contributed by atoms with van der Waals surface area (Å²) in [6.45, 7) is 3.50. The number of carbonyl (C=O) groups excluding carboxylic acids is 3. The molecule has 12 heteroatoms. The molecular formula is C35H40ClF2N3O6. The van der Waals surface area contributed by atoms with E-state index in [4.69, 9.17) is 25.5 Å². The fourth-order valence-corrected chi connectivity index (χ4v) is 7.30. The first kappa shape index (κ1) is 33.5. The first-order valence-corrected chi connectivity index (χ1v) is 16.8. The van der Waals surface area contributed by atoms with Crippen LogP contribution in [0.15, 0.2) is 47.1 Å². The van der Waals surface area contributed by atoms with Crippen molar-refractivity contribution in [2.75, 3.05) is 44.8 Å². The average Bonchev–Trinajstić information content (AvgIpc) is 3.74. The van der Waals surface area contributed by atoms with Gasteiger partial charge in [0.05, 0.1) is 41.6 Å². The van der Waals surface area contributed by atoms with Crippen LogP contribution in [0.25, 0.3) is 11.0 Å². The highest BCUT2D eigenvalue weighted by molar-refractivity contribution is 6.34. The van der Waals surface area contributed by atoms with E-state index in [9.17, 15) is 18.8 Å². The molecule has 0 spiro atoms. The van der Waals surface area contributed by atoms with Gasteiger partial charge in [0.15, 0.2) is 5.78 Å². The lowest BCUT2D eigenvalue weighted by Gasteiger charge is -2.55. The van der Waals surface area contributed by atoms with Crippen molar-refractivity contribution in [1.29, 1.82) is 0 Å². The standard InChI is InChI=1S/C35H40ClF2N3O6/c1-2-45-34(44)23-9-11-25(12-10-23)47-35(40-13-5-6-14-40,41-19-22(18-37)20-41)32(42)16-24-15-28(36)30(17-29(24)38)39-33(43)27-21-46-31-8-4-3-7-26(27)31/h3-4,7-8,15,17,21-23,25H,2,5-6,9-14,16,18-20H2,1H3,(H,39,43)/t23-,25-,35?. The molecule has 3 aromatic rings. The van der Waals surface area contributed by atoms with Crippen molar-refractivity contribution >= 4 is 45.9 Å². The number of likely N-dealkylation sites (tertiary alicyclic amines) is 2. The first-order chi connectivity index (χ1) is 22.7. The van der Waals surface area contributed by atoms with Crippen LogP contribution in [0, 0.1) is 17.7 Å². The Balaban J connectivity index is 1.23. The number of esters is 1. The first-order valence-electron chi connectivity index (χ1n) is 16.4. The molecule has 9 nitrogen and oxygen atoms in total. The van der Waals surface area contributed by atoms with Crippen molar-refractivity contribution in [2.45, 2.75) is 63.8 Å². The zero-order chi connectivity index (χ0) is 33.1. The number of nitrogens with zero attached hydrogens (tertiary/aromatic N) is 2. The number of halogens is 3. The molecule has 6 rings (SSSR count). The van der Waals surface area contributed by atoms with Crippen LogP contribution in [0.4, 0.5) is 14.5 Å². The number of rotatable bonds is 12. The smallest absolute Gasteiger partial charge is 0.308 e. The van der Waals surface area contributed by atoms with E-state index in [1.807, 2.05) is 9.80 Å². The summed E-state index contributed by atoms with van der Waals surface area (Å²) in [5.41, 5.74) is 0.943. The fourth-order valence-electron chi connectivity index (χ4n) is 7.06. The molecule has 3 fully saturated rings. The highest BCUT2D eigenvalue weighted by Gasteiger charge is 2.56. The van der Waals surface area contributed by atoms with Crippen LogP contribution in [0.5, 0.6) is 0 Å². The molecule has 1 amide bonds. The normalized spacial score (nSPS) is 22.1. The predicted octanol–water partition coefficient (Wildman–Crippen LogP) is 6.38. The van der Waals surface area contributed by atoms with Gasteiger partial charge in [0.25, 0.3) is 5.91 Å². The van der Waals surface area contributed by atoms with Crippen molar-refractivity contribution in [3.05, 3.63) is 64.6 Å². The molecule has 3 heterocycles. The van der Waals surface area contributed by atoms with Gasteiger partial charge in [-0.25, -0.2) is 4.39 Å². The second kappa shape index (κ2) is 14.4. The molecule has 0 radical (unpaired) electrons. The molecule has 1 atom stereocenters. The van der Waals surface area contributed by atoms with Crippen LogP contribution in [0.2, 0.25) is 5.02 Å². The minimum atomic E-state index is -1.50. The van der Waals surface area contributed by atoms with Crippen molar-refractivity contribution in [2.24, 2.45) is 11.8 Å². The zero-order valence-electron chi connectivity index (χ0n) is 26.4. The highest BCUT2D eigenvalue weighted by Crippen LogP contribution is 2.40. The van der Waals surface area contributed by atoms with Crippen LogP contribution in [-0.2, 0) is 25.5 Å². The average molecular weight is 672 g/mol. The lowest BCUT2D eigenvalue weighted by Crippen LogP contribution is -2.73. The number of alkyl halides is 1. The van der Waals surface area contributed by atoms with Crippen molar-refractivity contribution in [1.82, 2.24) is 9.80 Å². The summed E-state index contributed by atoms with van der Waals surface area (Å²) in [7, 11) is 0. The molecule has 1 N–H and O–H groups in total. The zero-order valence-corrected chi connectivity index (χ0v) is 27.2. The third kappa shape index (κ3) is 6.81. The van der Waals surface area contributed by atoms with Crippen molar-refractivity contribution in [3.63, 3.8) is 0 Å². The maximum atomic E-state index is 15.7. The summed E-state index contributed by atoms with van der Waals surface area (Å²) in [5.74, 6) is -3.72. The van der Waals surface area contributed by atoms with Crippen LogP contribution in [0.3, 0.4) is 0 Å². The monoisotopic (exact) mass is 671 g/mol. The Labute approximate surface area is 277 Å². The summed E-state index contributed by atoms with van der Waals surface area (Å²) < 4.78 is 46.9. The molecule has 1 aromatic heterocycles. The largest absolute Gasteiger partial charge is 0.466 e. The van der Waals surface area contributed by atoms with E-state index in [2.05, 4.69) is 5.32 Å². The third-order valence-corrected chi connectivity index (χ3v) is 9.90. The van der Waals surface area contributed by atoms with E-state index in [0.717, 1.165) is 18.9 Å². The number of hydrogen-bond donors (Lipinski definition) is 1. The van der Waals surface area contributed by atoms with E-state index in [1.165, 1.54) is 12.3 Å². The minimum absolute atomic E-state index is 0.0598. The molecule has 252 valence electrons. The molecule has 2 aliphatic heterocycles. The van der Waals surface area contributed by atoms with E-state index in [-0.39, 0.29) is 58.0 Å². The van der Waals surface area contributed by atoms with Gasteiger partial charge in [0.1, 0.15) is 17.7 Å². The quantitative estimate of drug-likeness (QED) is 0.222. The van der Waals surface area contributed by atoms with Gasteiger partial charge < -0.3 is 19.2 Å². The van der Waals surface area contributed by atoms with E-state index in [0.29, 0.717) is 69.4 Å². The van der Waals surface area contributed by atoms with Gasteiger partial charge in [-0.05, 0) is 69.2 Å². The number of fused-ring (bicyclic) bond motifs is 1. The second-order valence-electron chi connectivity index (χ2n) is 12.7. The Morgan fingerprint density at radius 1 is 1.06 bits per heavy atom. The number of anilines is 1. The number of benzene rings is 2. The molecule has 2 saturated heterocycles. The van der Waals surface area contributed by atoms with Gasteiger partial charge >= 0.3 is 5.97 Å². The summed E-state index contributed by atoms with van der Waals surface area (Å²) in [5, 5.41) is 3.34. The van der Waals surface area contributed by atoms with E-state index in [1.54, 1.807) is 31.2 Å². The van der Waals surface area contributed by atoms with E-state index < -0.39 is 24.2 Å². The van der Waals surface area contributed by atoms with Crippen LogP contribution < -0.4 is 5.32 Å². The Kier molecular flexibility index (Phi) is 10.3. The summed E-state index contributed by atoms with van der Waals surface area (Å²) in [4.78, 5) is 43.8. The molecule has 0 bridgehead atoms. The van der Waals surface area contributed by atoms with Gasteiger partial charge in [0.2, 0.25) is 5.85 Å². The Bertz CT molecular complexity index is 1610. The van der Waals surface area contributed by atoms with Gasteiger partial charge in [-0.15, -0.1) is 0 Å². The fraction of sp³-hybridized carbons (Fsp3) is 0.514. The number of hydrogen-bond acceptors (Lipinski definition) is 8. The Hall–Kier alpha value is -3.38. The SMILES string of the molecule is CCOC(=O)[C@H]1CC[C@H](OC(C(=O)Cc2cc(Cl)c(NC(=O)c3coc4ccccc34)cc2F)(N2CCCC2)N2CC(CF)C2)CC1. The van der Waals surface area contributed by atoms with Crippen molar-refractivity contribution < 1.29 is 37.1 Å². The lowest BCUT2D eigenvalue weighted by molar-refractivity contribution is -0.276. The van der Waals surface area contributed by atoms with E-state index >= 15 is 4.39 Å². The number of ketones is 1. The minimum Gasteiger partial charge on any atom is -0.466 e. The lowest BCUT2D eigenvalue weighted by atomic mass is 9.87. The Morgan fingerprint density at radius 3 is 2.49 bits per heavy atom. The number of para-hydroxylation sites is 1. The van der Waals surface area contributed by atoms with Gasteiger partial charge in [0, 0.05) is 43.9 Å². The number of ether oxygens (including phenoxy) is 2. The molecule has 1 saturated carbocycles.